The molecule has 2 amide bonds. The normalized spacial score (nSPS) is 22.5. The highest BCUT2D eigenvalue weighted by Gasteiger charge is 2.47. The Morgan fingerprint density at radius 2 is 1.85 bits per heavy atom. The van der Waals surface area contributed by atoms with E-state index in [0.29, 0.717) is 31.7 Å². The summed E-state index contributed by atoms with van der Waals surface area (Å²) >= 11 is 0. The molecular formula is C20H21N3O3. The molecule has 2 fully saturated rings. The maximum Gasteiger partial charge on any atom is 0.261 e. The highest BCUT2D eigenvalue weighted by molar-refractivity contribution is 5.95. The minimum absolute atomic E-state index is 0.0346. The van der Waals surface area contributed by atoms with E-state index < -0.39 is 11.0 Å². The summed E-state index contributed by atoms with van der Waals surface area (Å²) in [5, 5.41) is 2.91. The summed E-state index contributed by atoms with van der Waals surface area (Å²) in [7, 11) is 0. The Hall–Kier alpha value is -2.89. The van der Waals surface area contributed by atoms with Crippen molar-refractivity contribution in [2.45, 2.75) is 19.3 Å². The fourth-order valence-corrected chi connectivity index (χ4v) is 3.96. The van der Waals surface area contributed by atoms with Gasteiger partial charge in [-0.1, -0.05) is 30.3 Å². The van der Waals surface area contributed by atoms with Gasteiger partial charge in [-0.3, -0.25) is 14.4 Å². The molecule has 2 aromatic rings. The zero-order valence-electron chi connectivity index (χ0n) is 14.5. The second-order valence-corrected chi connectivity index (χ2v) is 7.10. The first-order valence-corrected chi connectivity index (χ1v) is 8.95. The lowest BCUT2D eigenvalue weighted by molar-refractivity contribution is -0.132. The van der Waals surface area contributed by atoms with Gasteiger partial charge in [0.2, 0.25) is 5.91 Å². The van der Waals surface area contributed by atoms with Gasteiger partial charge in [-0.05, 0) is 37.0 Å². The third-order valence-corrected chi connectivity index (χ3v) is 5.47. The Kier molecular flexibility index (Phi) is 4.11. The summed E-state index contributed by atoms with van der Waals surface area (Å²) in [6, 6.07) is 12.8. The van der Waals surface area contributed by atoms with E-state index in [1.165, 1.54) is 0 Å². The number of hydrogen-bond acceptors (Lipinski definition) is 3. The summed E-state index contributed by atoms with van der Waals surface area (Å²) in [4.78, 5) is 42.0. The maximum absolute atomic E-state index is 12.8. The minimum atomic E-state index is -0.481. The predicted molar refractivity (Wildman–Crippen MR) is 97.7 cm³/mol. The van der Waals surface area contributed by atoms with Crippen molar-refractivity contribution in [3.05, 3.63) is 58.4 Å². The Balaban J connectivity index is 1.56. The van der Waals surface area contributed by atoms with Crippen molar-refractivity contribution >= 4 is 11.8 Å². The van der Waals surface area contributed by atoms with Crippen LogP contribution in [0.15, 0.2) is 47.3 Å². The highest BCUT2D eigenvalue weighted by atomic mass is 16.2. The summed E-state index contributed by atoms with van der Waals surface area (Å²) in [6.07, 6.45) is 2.39. The van der Waals surface area contributed by atoms with Gasteiger partial charge in [0.25, 0.3) is 11.5 Å². The van der Waals surface area contributed by atoms with Gasteiger partial charge in [0.1, 0.15) is 5.56 Å². The Labute approximate surface area is 151 Å². The first-order valence-electron chi connectivity index (χ1n) is 8.95. The van der Waals surface area contributed by atoms with Gasteiger partial charge < -0.3 is 15.2 Å². The molecule has 2 N–H and O–H groups in total. The molecule has 3 heterocycles. The average Bonchev–Trinajstić information content (AvgIpc) is 3.09. The van der Waals surface area contributed by atoms with Crippen LogP contribution in [0.3, 0.4) is 0 Å². The van der Waals surface area contributed by atoms with Crippen LogP contribution in [-0.4, -0.2) is 41.3 Å². The largest absolute Gasteiger partial charge is 0.356 e. The lowest BCUT2D eigenvalue weighted by atomic mass is 9.79. The van der Waals surface area contributed by atoms with E-state index in [1.54, 1.807) is 17.0 Å². The van der Waals surface area contributed by atoms with Crippen LogP contribution in [-0.2, 0) is 4.79 Å². The quantitative estimate of drug-likeness (QED) is 0.865. The average molecular weight is 351 g/mol. The molecule has 4 rings (SSSR count). The van der Waals surface area contributed by atoms with Crippen LogP contribution < -0.4 is 10.9 Å². The maximum atomic E-state index is 12.8. The number of benzene rings is 1. The molecule has 1 atom stereocenters. The van der Waals surface area contributed by atoms with Crippen LogP contribution in [0, 0.1) is 5.41 Å². The molecule has 0 radical (unpaired) electrons. The van der Waals surface area contributed by atoms with E-state index in [1.807, 2.05) is 30.3 Å². The van der Waals surface area contributed by atoms with Gasteiger partial charge in [0, 0.05) is 25.3 Å². The lowest BCUT2D eigenvalue weighted by Gasteiger charge is -2.32. The molecule has 6 heteroatoms. The molecule has 6 nitrogen and oxygen atoms in total. The van der Waals surface area contributed by atoms with Gasteiger partial charge in [0.15, 0.2) is 0 Å². The fourth-order valence-electron chi connectivity index (χ4n) is 3.96. The van der Waals surface area contributed by atoms with E-state index in [0.717, 1.165) is 18.4 Å². The van der Waals surface area contributed by atoms with Crippen LogP contribution in [0.1, 0.15) is 29.6 Å². The minimum Gasteiger partial charge on any atom is -0.356 e. The number of hydrogen-bond donors (Lipinski definition) is 2. The summed E-state index contributed by atoms with van der Waals surface area (Å²) in [5.41, 5.74) is 0.813. The predicted octanol–water partition coefficient (Wildman–Crippen LogP) is 1.78. The number of aromatic amines is 1. The molecule has 2 aliphatic heterocycles. The molecule has 2 aliphatic rings. The zero-order chi connectivity index (χ0) is 18.1. The molecule has 134 valence electrons. The van der Waals surface area contributed by atoms with Crippen molar-refractivity contribution in [1.29, 1.82) is 0 Å². The number of carbonyl (C=O) groups is 2. The number of likely N-dealkylation sites (tertiary alicyclic amines) is 1. The van der Waals surface area contributed by atoms with Crippen molar-refractivity contribution < 1.29 is 9.59 Å². The number of aromatic nitrogens is 1. The number of H-pyrrole nitrogens is 1. The standard InChI is InChI=1S/C20H21N3O3/c24-17-15(7-8-16(22-17)14-5-2-1-3-6-14)18(25)23-12-10-20(13-23)9-4-11-21-19(20)26/h1-3,5-8H,4,9-13H2,(H,21,26)(H,22,24)/t20-/m1/s1. The van der Waals surface area contributed by atoms with E-state index >= 15 is 0 Å². The number of nitrogens with zero attached hydrogens (tertiary/aromatic N) is 1. The number of rotatable bonds is 2. The Bertz CT molecular complexity index is 906. The molecule has 0 bridgehead atoms. The van der Waals surface area contributed by atoms with E-state index in [4.69, 9.17) is 0 Å². The molecule has 0 aliphatic carbocycles. The van der Waals surface area contributed by atoms with Gasteiger partial charge in [0.05, 0.1) is 5.41 Å². The number of nitrogens with one attached hydrogen (secondary N) is 2. The van der Waals surface area contributed by atoms with Crippen molar-refractivity contribution in [2.24, 2.45) is 5.41 Å². The van der Waals surface area contributed by atoms with Crippen molar-refractivity contribution in [3.8, 4) is 11.3 Å². The van der Waals surface area contributed by atoms with Crippen LogP contribution >= 0.6 is 0 Å². The number of piperidine rings is 1. The molecule has 26 heavy (non-hydrogen) atoms. The molecular weight excluding hydrogens is 330 g/mol. The summed E-state index contributed by atoms with van der Waals surface area (Å²) < 4.78 is 0. The van der Waals surface area contributed by atoms with Gasteiger partial charge in [-0.25, -0.2) is 0 Å². The monoisotopic (exact) mass is 351 g/mol. The SMILES string of the molecule is O=C(c1ccc(-c2ccccc2)[nH]c1=O)N1CC[C@]2(CCCNC2=O)C1. The van der Waals surface area contributed by atoms with Crippen molar-refractivity contribution in [1.82, 2.24) is 15.2 Å². The van der Waals surface area contributed by atoms with Crippen molar-refractivity contribution in [3.63, 3.8) is 0 Å². The van der Waals surface area contributed by atoms with Crippen molar-refractivity contribution in [2.75, 3.05) is 19.6 Å². The van der Waals surface area contributed by atoms with E-state index in [2.05, 4.69) is 10.3 Å². The molecule has 0 saturated carbocycles. The first kappa shape index (κ1) is 16.6. The molecule has 0 unspecified atom stereocenters. The van der Waals surface area contributed by atoms with Gasteiger partial charge >= 0.3 is 0 Å². The fraction of sp³-hybridized carbons (Fsp3) is 0.350. The molecule has 1 aromatic carbocycles. The number of carbonyl (C=O) groups excluding carboxylic acids is 2. The molecule has 1 aromatic heterocycles. The number of pyridine rings is 1. The van der Waals surface area contributed by atoms with Crippen LogP contribution in [0.2, 0.25) is 0 Å². The molecule has 2 saturated heterocycles. The van der Waals surface area contributed by atoms with Gasteiger partial charge in [-0.2, -0.15) is 0 Å². The first-order chi connectivity index (χ1) is 12.6. The number of amides is 2. The van der Waals surface area contributed by atoms with E-state index in [-0.39, 0.29) is 17.4 Å². The second-order valence-electron chi connectivity index (χ2n) is 7.10. The Morgan fingerprint density at radius 1 is 1.04 bits per heavy atom. The summed E-state index contributed by atoms with van der Waals surface area (Å²) in [6.45, 7) is 1.60. The topological polar surface area (TPSA) is 82.3 Å². The van der Waals surface area contributed by atoms with E-state index in [9.17, 15) is 14.4 Å². The van der Waals surface area contributed by atoms with Crippen LogP contribution in [0.4, 0.5) is 0 Å². The second kappa shape index (κ2) is 6.44. The Morgan fingerprint density at radius 3 is 2.58 bits per heavy atom. The smallest absolute Gasteiger partial charge is 0.261 e. The highest BCUT2D eigenvalue weighted by Crippen LogP contribution is 2.37. The lowest BCUT2D eigenvalue weighted by Crippen LogP contribution is -2.48. The zero-order valence-corrected chi connectivity index (χ0v) is 14.5. The third-order valence-electron chi connectivity index (χ3n) is 5.47. The third kappa shape index (κ3) is 2.81. The molecule has 1 spiro atoms. The van der Waals surface area contributed by atoms with Crippen LogP contribution in [0.25, 0.3) is 11.3 Å². The van der Waals surface area contributed by atoms with Crippen LogP contribution in [0.5, 0.6) is 0 Å². The van der Waals surface area contributed by atoms with Gasteiger partial charge in [-0.15, -0.1) is 0 Å². The summed E-state index contributed by atoms with van der Waals surface area (Å²) in [5.74, 6) is -0.270.